The minimum Gasteiger partial charge on any atom is -0.285 e. The van der Waals surface area contributed by atoms with Crippen LogP contribution in [-0.2, 0) is 4.79 Å². The molecule has 4 nitrogen and oxygen atoms in total. The van der Waals surface area contributed by atoms with Crippen LogP contribution in [0.2, 0.25) is 0 Å². The first-order valence-corrected chi connectivity index (χ1v) is 1.45. The molecule has 0 rings (SSSR count). The van der Waals surface area contributed by atoms with Gasteiger partial charge in [-0.25, -0.2) is 0 Å². The Bertz CT molecular complexity index is 107. The average Bonchev–Trinajstić information content (AvgIpc) is 1.61. The van der Waals surface area contributed by atoms with E-state index in [0.717, 1.165) is 0 Å². The molecule has 37 valence electrons. The van der Waals surface area contributed by atoms with Gasteiger partial charge in [-0.15, -0.1) is 0 Å². The molecule has 0 aromatic heterocycles. The molecule has 0 unspecified atom stereocenters. The lowest BCUT2D eigenvalue weighted by molar-refractivity contribution is -0.402. The Hall–Kier alpha value is -1.19. The van der Waals surface area contributed by atoms with Crippen LogP contribution in [0.5, 0.6) is 0 Å². The van der Waals surface area contributed by atoms with Crippen molar-refractivity contribution in [2.24, 2.45) is 0 Å². The van der Waals surface area contributed by atoms with Crippen molar-refractivity contribution in [1.82, 2.24) is 0 Å². The van der Waals surface area contributed by atoms with Gasteiger partial charge in [-0.05, 0) is 0 Å². The predicted octanol–water partition coefficient (Wildman–Crippen LogP) is -0.114. The number of allylic oxidation sites excluding steroid dienone is 1. The molecule has 1 radical (unpaired) electrons. The van der Waals surface area contributed by atoms with Crippen molar-refractivity contribution in [3.63, 3.8) is 0 Å². The largest absolute Gasteiger partial charge is 0.285 e. The standard InChI is InChI=1S/C3H2NO3/c5-3-1-2-4(6)7/h1-2H/b2-1+. The topological polar surface area (TPSA) is 60.2 Å². The van der Waals surface area contributed by atoms with Gasteiger partial charge in [0.2, 0.25) is 12.5 Å². The molecule has 0 amide bonds. The van der Waals surface area contributed by atoms with Crippen LogP contribution in [0.1, 0.15) is 0 Å². The maximum absolute atomic E-state index is 9.30. The van der Waals surface area contributed by atoms with E-state index in [2.05, 4.69) is 0 Å². The minimum absolute atomic E-state index is 0.521. The van der Waals surface area contributed by atoms with Crippen LogP contribution in [0.4, 0.5) is 0 Å². The highest BCUT2D eigenvalue weighted by atomic mass is 16.6. The van der Waals surface area contributed by atoms with Gasteiger partial charge in [-0.3, -0.25) is 14.9 Å². The predicted molar refractivity (Wildman–Crippen MR) is 21.8 cm³/mol. The summed E-state index contributed by atoms with van der Waals surface area (Å²) in [5.74, 6) is 0. The molecule has 0 spiro atoms. The van der Waals surface area contributed by atoms with Gasteiger partial charge < -0.3 is 0 Å². The zero-order valence-corrected chi connectivity index (χ0v) is 3.33. The van der Waals surface area contributed by atoms with E-state index < -0.39 is 4.92 Å². The van der Waals surface area contributed by atoms with Gasteiger partial charge in [0.25, 0.3) is 0 Å². The summed E-state index contributed by atoms with van der Waals surface area (Å²) in [5, 5.41) is 9.30. The maximum atomic E-state index is 9.30. The molecular weight excluding hydrogens is 98.0 g/mol. The molecule has 0 bridgehead atoms. The molecule has 0 atom stereocenters. The number of nitrogens with zero attached hydrogens (tertiary/aromatic N) is 1. The third-order valence-electron chi connectivity index (χ3n) is 0.264. The summed E-state index contributed by atoms with van der Waals surface area (Å²) in [5.41, 5.74) is 0. The maximum Gasteiger partial charge on any atom is 0.238 e. The van der Waals surface area contributed by atoms with Crippen molar-refractivity contribution in [1.29, 1.82) is 0 Å². The van der Waals surface area contributed by atoms with Crippen LogP contribution in [0.3, 0.4) is 0 Å². The number of rotatable bonds is 2. The van der Waals surface area contributed by atoms with Crippen molar-refractivity contribution in [3.05, 3.63) is 22.4 Å². The molecule has 0 aromatic carbocycles. The fraction of sp³-hybridized carbons (Fsp3) is 0. The van der Waals surface area contributed by atoms with E-state index in [4.69, 9.17) is 0 Å². The van der Waals surface area contributed by atoms with Crippen LogP contribution < -0.4 is 0 Å². The Balaban J connectivity index is 3.46. The molecular formula is C3H2NO3. The highest BCUT2D eigenvalue weighted by Gasteiger charge is 1.78. The van der Waals surface area contributed by atoms with E-state index in [-0.39, 0.29) is 0 Å². The summed E-state index contributed by atoms with van der Waals surface area (Å²) >= 11 is 0. The normalized spacial score (nSPS) is 9.14. The van der Waals surface area contributed by atoms with Gasteiger partial charge >= 0.3 is 0 Å². The van der Waals surface area contributed by atoms with Gasteiger partial charge in [0.1, 0.15) is 0 Å². The number of hydrogen-bond donors (Lipinski definition) is 0. The lowest BCUT2D eigenvalue weighted by Crippen LogP contribution is -1.81. The zero-order chi connectivity index (χ0) is 5.70. The molecule has 7 heavy (non-hydrogen) atoms. The van der Waals surface area contributed by atoms with Crippen LogP contribution in [0.25, 0.3) is 0 Å². The summed E-state index contributed by atoms with van der Waals surface area (Å²) in [6.45, 7) is 0. The second-order valence-electron chi connectivity index (χ2n) is 0.719. The molecule has 0 aliphatic carbocycles. The van der Waals surface area contributed by atoms with Gasteiger partial charge in [0.05, 0.1) is 11.0 Å². The molecule has 0 aliphatic rings. The van der Waals surface area contributed by atoms with Crippen LogP contribution in [-0.4, -0.2) is 11.2 Å². The van der Waals surface area contributed by atoms with E-state index >= 15 is 0 Å². The Morgan fingerprint density at radius 3 is 2.43 bits per heavy atom. The molecule has 0 fully saturated rings. The van der Waals surface area contributed by atoms with Gasteiger partial charge in [-0.1, -0.05) is 0 Å². The van der Waals surface area contributed by atoms with Gasteiger partial charge in [0.15, 0.2) is 0 Å². The van der Waals surface area contributed by atoms with Crippen molar-refractivity contribution in [2.45, 2.75) is 0 Å². The molecule has 0 aromatic rings. The Morgan fingerprint density at radius 2 is 2.29 bits per heavy atom. The van der Waals surface area contributed by atoms with Gasteiger partial charge in [-0.2, -0.15) is 0 Å². The van der Waals surface area contributed by atoms with E-state index in [0.29, 0.717) is 12.3 Å². The Kier molecular flexibility index (Phi) is 2.50. The molecule has 0 saturated heterocycles. The first-order chi connectivity index (χ1) is 3.27. The Morgan fingerprint density at radius 1 is 1.71 bits per heavy atom. The van der Waals surface area contributed by atoms with Gasteiger partial charge in [0, 0.05) is 0 Å². The summed E-state index contributed by atoms with van der Waals surface area (Å²) < 4.78 is 0. The fourth-order valence-corrected chi connectivity index (χ4v) is 0.0913. The highest BCUT2D eigenvalue weighted by Crippen LogP contribution is 1.66. The third-order valence-corrected chi connectivity index (χ3v) is 0.264. The second-order valence-corrected chi connectivity index (χ2v) is 0.719. The van der Waals surface area contributed by atoms with Crippen molar-refractivity contribution in [3.8, 4) is 0 Å². The van der Waals surface area contributed by atoms with Crippen molar-refractivity contribution in [2.75, 3.05) is 0 Å². The van der Waals surface area contributed by atoms with E-state index in [9.17, 15) is 14.9 Å². The SMILES string of the molecule is O=[C]/C=C/[N+](=O)[O-]. The summed E-state index contributed by atoms with van der Waals surface area (Å²) in [6, 6.07) is 0. The highest BCUT2D eigenvalue weighted by molar-refractivity contribution is 5.64. The number of hydrogen-bond acceptors (Lipinski definition) is 3. The quantitative estimate of drug-likeness (QED) is 0.276. The molecule has 0 aliphatic heterocycles. The van der Waals surface area contributed by atoms with E-state index in [1.54, 1.807) is 0 Å². The van der Waals surface area contributed by atoms with Crippen LogP contribution in [0.15, 0.2) is 12.3 Å². The van der Waals surface area contributed by atoms with E-state index in [1.807, 2.05) is 0 Å². The van der Waals surface area contributed by atoms with E-state index in [1.165, 1.54) is 6.29 Å². The summed E-state index contributed by atoms with van der Waals surface area (Å²) in [4.78, 5) is 17.8. The third kappa shape index (κ3) is 4.81. The smallest absolute Gasteiger partial charge is 0.238 e. The zero-order valence-electron chi connectivity index (χ0n) is 3.33. The second kappa shape index (κ2) is 3.02. The van der Waals surface area contributed by atoms with Crippen molar-refractivity contribution < 1.29 is 9.72 Å². The fourth-order valence-electron chi connectivity index (χ4n) is 0.0913. The average molecular weight is 100 g/mol. The number of carbonyl (C=O) groups excluding carboxylic acids is 1. The Labute approximate surface area is 39.6 Å². The summed E-state index contributed by atoms with van der Waals surface area (Å²) in [6.07, 6.45) is 2.44. The minimum atomic E-state index is -0.731. The lowest BCUT2D eigenvalue weighted by Gasteiger charge is -1.68. The van der Waals surface area contributed by atoms with Crippen molar-refractivity contribution >= 4 is 6.29 Å². The summed E-state index contributed by atoms with van der Waals surface area (Å²) in [7, 11) is 0. The first kappa shape index (κ1) is 5.81. The molecule has 4 heteroatoms. The lowest BCUT2D eigenvalue weighted by atomic mass is 10.7. The monoisotopic (exact) mass is 100 g/mol. The molecule has 0 heterocycles. The number of nitro groups is 1. The van der Waals surface area contributed by atoms with Crippen LogP contribution in [0, 0.1) is 10.1 Å². The molecule has 0 saturated carbocycles. The molecule has 0 N–H and O–H groups in total. The van der Waals surface area contributed by atoms with Crippen LogP contribution >= 0.6 is 0 Å². The first-order valence-electron chi connectivity index (χ1n) is 1.45.